The third-order valence-corrected chi connectivity index (χ3v) is 5.96. The number of carbonyl (C=O) groups excluding carboxylic acids is 3. The molecule has 6 heteroatoms. The molecule has 132 valence electrons. The molecule has 0 aromatic heterocycles. The summed E-state index contributed by atoms with van der Waals surface area (Å²) in [5.41, 5.74) is 0.587. The first kappa shape index (κ1) is 16.1. The standard InChI is InChI=1S/C19H22N2O4/c1-25-14-5-3-2-4-13(14)20-15(22)8-9-21-18(23)16-11-6-7-12(10-11)17(16)19(21)24/h2-5,11-12,16-17H,6-10H2,1H3,(H,20,22)/t11-,12-,16-,17-/m0/s1. The van der Waals surface area contributed by atoms with Crippen LogP contribution in [0.3, 0.4) is 0 Å². The average Bonchev–Trinajstić information content (AvgIpc) is 3.28. The lowest BCUT2D eigenvalue weighted by molar-refractivity contribution is -0.140. The van der Waals surface area contributed by atoms with E-state index in [-0.39, 0.29) is 42.5 Å². The second-order valence-electron chi connectivity index (χ2n) is 7.21. The number of rotatable bonds is 5. The molecular weight excluding hydrogens is 320 g/mol. The van der Waals surface area contributed by atoms with Gasteiger partial charge in [0.1, 0.15) is 5.75 Å². The van der Waals surface area contributed by atoms with Crippen molar-refractivity contribution in [1.82, 2.24) is 4.90 Å². The fourth-order valence-corrected chi connectivity index (χ4v) is 4.86. The molecule has 2 saturated carbocycles. The van der Waals surface area contributed by atoms with Crippen LogP contribution in [-0.4, -0.2) is 36.3 Å². The Morgan fingerprint density at radius 2 is 1.80 bits per heavy atom. The molecule has 1 aliphatic heterocycles. The minimum absolute atomic E-state index is 0.0627. The van der Waals surface area contributed by atoms with Gasteiger partial charge in [0.2, 0.25) is 17.7 Å². The number of nitrogens with one attached hydrogen (secondary N) is 1. The van der Waals surface area contributed by atoms with E-state index >= 15 is 0 Å². The lowest BCUT2D eigenvalue weighted by Crippen LogP contribution is -2.35. The first-order valence-electron chi connectivity index (χ1n) is 8.88. The molecule has 3 aliphatic rings. The molecule has 2 aliphatic carbocycles. The van der Waals surface area contributed by atoms with E-state index in [1.807, 2.05) is 12.1 Å². The van der Waals surface area contributed by atoms with E-state index in [4.69, 9.17) is 4.74 Å². The fourth-order valence-electron chi connectivity index (χ4n) is 4.86. The van der Waals surface area contributed by atoms with Crippen molar-refractivity contribution in [2.45, 2.75) is 25.7 Å². The Balaban J connectivity index is 1.38. The molecule has 1 aromatic rings. The molecule has 3 fully saturated rings. The maximum atomic E-state index is 12.6. The highest BCUT2D eigenvalue weighted by molar-refractivity contribution is 6.06. The molecule has 0 spiro atoms. The Morgan fingerprint density at radius 1 is 1.16 bits per heavy atom. The van der Waals surface area contributed by atoms with Gasteiger partial charge in [-0.1, -0.05) is 12.1 Å². The average molecular weight is 342 g/mol. The maximum Gasteiger partial charge on any atom is 0.233 e. The molecule has 1 aromatic carbocycles. The number of likely N-dealkylation sites (tertiary alicyclic amines) is 1. The van der Waals surface area contributed by atoms with E-state index in [1.54, 1.807) is 19.2 Å². The summed E-state index contributed by atoms with van der Waals surface area (Å²) < 4.78 is 5.21. The molecule has 1 N–H and O–H groups in total. The molecule has 1 heterocycles. The van der Waals surface area contributed by atoms with Gasteiger partial charge in [0.15, 0.2) is 0 Å². The lowest BCUT2D eigenvalue weighted by Gasteiger charge is -2.19. The van der Waals surface area contributed by atoms with Crippen molar-refractivity contribution in [1.29, 1.82) is 0 Å². The van der Waals surface area contributed by atoms with Crippen LogP contribution in [0.1, 0.15) is 25.7 Å². The smallest absolute Gasteiger partial charge is 0.233 e. The largest absolute Gasteiger partial charge is 0.495 e. The van der Waals surface area contributed by atoms with Crippen LogP contribution in [0.25, 0.3) is 0 Å². The predicted octanol–water partition coefficient (Wildman–Crippen LogP) is 2.05. The van der Waals surface area contributed by atoms with Crippen molar-refractivity contribution in [3.63, 3.8) is 0 Å². The number of benzene rings is 1. The zero-order valence-corrected chi connectivity index (χ0v) is 14.2. The summed E-state index contributed by atoms with van der Waals surface area (Å²) in [6.45, 7) is 0.158. The van der Waals surface area contributed by atoms with E-state index in [2.05, 4.69) is 5.32 Å². The molecule has 4 atom stereocenters. The van der Waals surface area contributed by atoms with E-state index in [0.29, 0.717) is 23.3 Å². The minimum atomic E-state index is -0.231. The van der Waals surface area contributed by atoms with Crippen LogP contribution in [0, 0.1) is 23.7 Å². The van der Waals surface area contributed by atoms with Crippen molar-refractivity contribution in [2.24, 2.45) is 23.7 Å². The number of imide groups is 1. The van der Waals surface area contributed by atoms with Crippen molar-refractivity contribution in [2.75, 3.05) is 19.0 Å². The number of anilines is 1. The van der Waals surface area contributed by atoms with Gasteiger partial charge in [-0.25, -0.2) is 0 Å². The third-order valence-electron chi connectivity index (χ3n) is 5.96. The van der Waals surface area contributed by atoms with Gasteiger partial charge < -0.3 is 10.1 Å². The highest BCUT2D eigenvalue weighted by Gasteiger charge is 2.60. The van der Waals surface area contributed by atoms with Gasteiger partial charge in [0.25, 0.3) is 0 Å². The van der Waals surface area contributed by atoms with Gasteiger partial charge >= 0.3 is 0 Å². The number of ether oxygens (including phenoxy) is 1. The molecule has 25 heavy (non-hydrogen) atoms. The number of nitrogens with zero attached hydrogens (tertiary/aromatic N) is 1. The molecule has 4 rings (SSSR count). The Bertz CT molecular complexity index is 704. The first-order valence-corrected chi connectivity index (χ1v) is 8.88. The highest BCUT2D eigenvalue weighted by Crippen LogP contribution is 2.56. The van der Waals surface area contributed by atoms with Crippen molar-refractivity contribution < 1.29 is 19.1 Å². The molecule has 0 radical (unpaired) electrons. The van der Waals surface area contributed by atoms with Crippen molar-refractivity contribution >= 4 is 23.4 Å². The fraction of sp³-hybridized carbons (Fsp3) is 0.526. The molecule has 2 bridgehead atoms. The maximum absolute atomic E-state index is 12.6. The summed E-state index contributed by atoms with van der Waals surface area (Å²) in [7, 11) is 1.54. The van der Waals surface area contributed by atoms with E-state index in [9.17, 15) is 14.4 Å². The lowest BCUT2D eigenvalue weighted by atomic mass is 9.81. The second-order valence-corrected chi connectivity index (χ2v) is 7.21. The molecule has 1 saturated heterocycles. The van der Waals surface area contributed by atoms with E-state index in [0.717, 1.165) is 19.3 Å². The highest BCUT2D eigenvalue weighted by atomic mass is 16.5. The van der Waals surface area contributed by atoms with Crippen LogP contribution in [-0.2, 0) is 14.4 Å². The first-order chi connectivity index (χ1) is 12.1. The number of amides is 3. The SMILES string of the molecule is COc1ccccc1NC(=O)CCN1C(=O)[C@H]2[C@H]3CC[C@@H](C3)[C@@H]2C1=O. The number of hydrogen-bond acceptors (Lipinski definition) is 4. The summed E-state index contributed by atoms with van der Waals surface area (Å²) in [4.78, 5) is 38.8. The number of carbonyl (C=O) groups is 3. The van der Waals surface area contributed by atoms with Gasteiger partial charge in [-0.05, 0) is 43.2 Å². The Labute approximate surface area is 146 Å². The van der Waals surface area contributed by atoms with E-state index in [1.165, 1.54) is 4.90 Å². The second kappa shape index (κ2) is 6.17. The quantitative estimate of drug-likeness (QED) is 0.831. The third kappa shape index (κ3) is 2.60. The molecular formula is C19H22N2O4. The van der Waals surface area contributed by atoms with Gasteiger partial charge in [0.05, 0.1) is 24.6 Å². The Morgan fingerprint density at radius 3 is 2.44 bits per heavy atom. The van der Waals surface area contributed by atoms with Gasteiger partial charge in [0, 0.05) is 13.0 Å². The van der Waals surface area contributed by atoms with Crippen LogP contribution in [0.4, 0.5) is 5.69 Å². The molecule has 6 nitrogen and oxygen atoms in total. The molecule has 0 unspecified atom stereocenters. The van der Waals surface area contributed by atoms with Gasteiger partial charge in [-0.2, -0.15) is 0 Å². The van der Waals surface area contributed by atoms with Crippen LogP contribution < -0.4 is 10.1 Å². The number of fused-ring (bicyclic) bond motifs is 5. The van der Waals surface area contributed by atoms with E-state index < -0.39 is 0 Å². The van der Waals surface area contributed by atoms with Crippen LogP contribution in [0.15, 0.2) is 24.3 Å². The summed E-state index contributed by atoms with van der Waals surface area (Å²) in [5, 5.41) is 2.78. The van der Waals surface area contributed by atoms with Crippen molar-refractivity contribution in [3.05, 3.63) is 24.3 Å². The zero-order chi connectivity index (χ0) is 17.6. The van der Waals surface area contributed by atoms with Gasteiger partial charge in [-0.15, -0.1) is 0 Å². The predicted molar refractivity (Wildman–Crippen MR) is 90.8 cm³/mol. The summed E-state index contributed by atoms with van der Waals surface area (Å²) >= 11 is 0. The Hall–Kier alpha value is -2.37. The Kier molecular flexibility index (Phi) is 3.98. The summed E-state index contributed by atoms with van der Waals surface area (Å²) in [6, 6.07) is 7.15. The topological polar surface area (TPSA) is 75.7 Å². The number of para-hydroxylation sites is 2. The zero-order valence-electron chi connectivity index (χ0n) is 14.2. The normalized spacial score (nSPS) is 29.9. The van der Waals surface area contributed by atoms with Crippen LogP contribution >= 0.6 is 0 Å². The monoisotopic (exact) mass is 342 g/mol. The van der Waals surface area contributed by atoms with Crippen LogP contribution in [0.5, 0.6) is 5.75 Å². The van der Waals surface area contributed by atoms with Crippen LogP contribution in [0.2, 0.25) is 0 Å². The summed E-state index contributed by atoms with van der Waals surface area (Å²) in [6.07, 6.45) is 3.25. The van der Waals surface area contributed by atoms with Crippen molar-refractivity contribution in [3.8, 4) is 5.75 Å². The number of hydrogen-bond donors (Lipinski definition) is 1. The van der Waals surface area contributed by atoms with Gasteiger partial charge in [-0.3, -0.25) is 19.3 Å². The number of methoxy groups -OCH3 is 1. The summed E-state index contributed by atoms with van der Waals surface area (Å²) in [5.74, 6) is 0.727. The minimum Gasteiger partial charge on any atom is -0.495 e. The molecule has 3 amide bonds.